The number of hydrogen-bond acceptors (Lipinski definition) is 10. The number of ether oxygens (including phenoxy) is 4. The second-order valence-corrected chi connectivity index (χ2v) is 6.40. The van der Waals surface area contributed by atoms with E-state index in [2.05, 4.69) is 28.9 Å². The molecule has 0 N–H and O–H groups in total. The van der Waals surface area contributed by atoms with Gasteiger partial charge in [-0.3, -0.25) is 0 Å². The summed E-state index contributed by atoms with van der Waals surface area (Å²) in [5.74, 6) is -14.9. The Hall–Kier alpha value is -3.20. The molecule has 3 unspecified atom stereocenters. The number of alkyl halides is 13. The van der Waals surface area contributed by atoms with Crippen LogP contribution < -0.4 is 0 Å². The second-order valence-electron chi connectivity index (χ2n) is 6.13. The lowest BCUT2D eigenvalue weighted by atomic mass is 10.0. The lowest BCUT2D eigenvalue weighted by molar-refractivity contribution is -0.236. The van der Waals surface area contributed by atoms with Crippen molar-refractivity contribution in [2.75, 3.05) is 19.6 Å². The summed E-state index contributed by atoms with van der Waals surface area (Å²) in [6.07, 6.45) is -34.5. The molecule has 0 aromatic carbocycles. The molecule has 0 heterocycles. The Balaban J connectivity index is 6.99. The average molecular weight is 612 g/mol. The lowest BCUT2D eigenvalue weighted by Crippen LogP contribution is -2.54. The van der Waals surface area contributed by atoms with Crippen molar-refractivity contribution in [3.63, 3.8) is 0 Å². The number of hydrogen-bond donors (Lipinski definition) is 0. The molecule has 0 aromatic rings. The Morgan fingerprint density at radius 1 is 0.684 bits per heavy atom. The highest BCUT2D eigenvalue weighted by atomic mass is 35.5. The van der Waals surface area contributed by atoms with E-state index >= 15 is 0 Å². The van der Waals surface area contributed by atoms with E-state index in [0.29, 0.717) is 7.11 Å². The molecule has 0 rings (SSSR count). The smallest absolute Gasteiger partial charge is 0.455 e. The highest BCUT2D eigenvalue weighted by Gasteiger charge is 2.53. The Labute approximate surface area is 205 Å². The molecule has 0 aliphatic rings. The molecule has 0 aliphatic heterocycles. The lowest BCUT2D eigenvalue weighted by Gasteiger charge is -2.32. The number of rotatable bonds is 10. The average Bonchev–Trinajstić information content (AvgIpc) is 2.74. The molecule has 10 nitrogen and oxygen atoms in total. The van der Waals surface area contributed by atoms with Gasteiger partial charge in [0.1, 0.15) is 19.4 Å². The van der Waals surface area contributed by atoms with Gasteiger partial charge in [-0.1, -0.05) is 5.16 Å². The molecule has 0 amide bonds. The third-order valence-electron chi connectivity index (χ3n) is 3.38. The minimum absolute atomic E-state index is 0.595. The summed E-state index contributed by atoms with van der Waals surface area (Å²) in [5.41, 5.74) is -1.37. The normalized spacial score (nSPS) is 15.6. The molecule has 0 spiro atoms. The van der Waals surface area contributed by atoms with Crippen molar-refractivity contribution in [2.24, 2.45) is 5.16 Å². The zero-order valence-electron chi connectivity index (χ0n) is 17.7. The minimum Gasteiger partial charge on any atom is -0.455 e. The molecule has 38 heavy (non-hydrogen) atoms. The minimum atomic E-state index is -6.11. The molecule has 23 heteroatoms. The summed E-state index contributed by atoms with van der Waals surface area (Å²) in [6.45, 7) is -2.36. The third kappa shape index (κ3) is 11.0. The zero-order chi connectivity index (χ0) is 30.3. The van der Waals surface area contributed by atoms with Crippen LogP contribution in [0.4, 0.5) is 52.7 Å². The summed E-state index contributed by atoms with van der Waals surface area (Å²) in [4.78, 5) is 48.9. The molecule has 0 saturated carbocycles. The molecule has 0 saturated heterocycles. The SMILES string of the molecule is CO/N=C(\CCl)C(OC(=O)C(F)(F)F)C(OC(=O)C(F)(F)F)C(COC(=O)C(F)(F)F)OC(=O)C(F)(F)F. The van der Waals surface area contributed by atoms with Crippen LogP contribution in [0.15, 0.2) is 5.16 Å². The van der Waals surface area contributed by atoms with Crippen LogP contribution in [0.2, 0.25) is 0 Å². The van der Waals surface area contributed by atoms with Gasteiger partial charge in [-0.25, -0.2) is 19.2 Å². The van der Waals surface area contributed by atoms with Gasteiger partial charge in [-0.15, -0.1) is 11.6 Å². The van der Waals surface area contributed by atoms with Crippen molar-refractivity contribution < 1.29 is 95.6 Å². The summed E-state index contributed by atoms with van der Waals surface area (Å²) in [7, 11) is 0.595. The van der Waals surface area contributed by atoms with Crippen molar-refractivity contribution >= 4 is 41.2 Å². The van der Waals surface area contributed by atoms with E-state index in [1.807, 2.05) is 0 Å². The quantitative estimate of drug-likeness (QED) is 0.0915. The van der Waals surface area contributed by atoms with Crippen molar-refractivity contribution in [3.05, 3.63) is 0 Å². The second kappa shape index (κ2) is 13.0. The highest BCUT2D eigenvalue weighted by Crippen LogP contribution is 2.28. The van der Waals surface area contributed by atoms with E-state index in [1.165, 1.54) is 0 Å². The summed E-state index contributed by atoms with van der Waals surface area (Å²) >= 11 is 5.31. The van der Waals surface area contributed by atoms with E-state index in [4.69, 9.17) is 11.6 Å². The zero-order valence-corrected chi connectivity index (χ0v) is 18.4. The Bertz CT molecular complexity index is 898. The Morgan fingerprint density at radius 3 is 1.45 bits per heavy atom. The maximum absolute atomic E-state index is 12.8. The van der Waals surface area contributed by atoms with Gasteiger partial charge in [0.05, 0.1) is 5.88 Å². The topological polar surface area (TPSA) is 127 Å². The molecular formula is C15H10ClF12NO9. The summed E-state index contributed by atoms with van der Waals surface area (Å²) < 4.78 is 166. The fraction of sp³-hybridized carbons (Fsp3) is 0.667. The van der Waals surface area contributed by atoms with E-state index in [-0.39, 0.29) is 0 Å². The predicted molar refractivity (Wildman–Crippen MR) is 90.0 cm³/mol. The van der Waals surface area contributed by atoms with Gasteiger partial charge in [0.25, 0.3) is 0 Å². The molecule has 3 atom stereocenters. The van der Waals surface area contributed by atoms with Crippen LogP contribution in [0.25, 0.3) is 0 Å². The van der Waals surface area contributed by atoms with Gasteiger partial charge in [-0.2, -0.15) is 52.7 Å². The number of nitrogens with zero attached hydrogens (tertiary/aromatic N) is 1. The molecule has 0 radical (unpaired) electrons. The van der Waals surface area contributed by atoms with Gasteiger partial charge >= 0.3 is 48.6 Å². The van der Waals surface area contributed by atoms with Crippen LogP contribution in [-0.2, 0) is 43.0 Å². The largest absolute Gasteiger partial charge is 0.490 e. The van der Waals surface area contributed by atoms with Gasteiger partial charge < -0.3 is 23.8 Å². The van der Waals surface area contributed by atoms with Gasteiger partial charge in [0, 0.05) is 0 Å². The number of halogens is 13. The first-order valence-corrected chi connectivity index (χ1v) is 9.23. The van der Waals surface area contributed by atoms with E-state index < -0.39 is 85.1 Å². The van der Waals surface area contributed by atoms with Gasteiger partial charge in [0.2, 0.25) is 0 Å². The number of esters is 4. The van der Waals surface area contributed by atoms with Crippen LogP contribution in [0, 0.1) is 0 Å². The Kier molecular flexibility index (Phi) is 11.9. The van der Waals surface area contributed by atoms with E-state index in [1.54, 1.807) is 0 Å². The predicted octanol–water partition coefficient (Wildman–Crippen LogP) is 2.76. The van der Waals surface area contributed by atoms with Crippen molar-refractivity contribution in [1.82, 2.24) is 0 Å². The van der Waals surface area contributed by atoms with E-state index in [9.17, 15) is 71.9 Å². The molecule has 0 bridgehead atoms. The fourth-order valence-corrected chi connectivity index (χ4v) is 2.14. The fourth-order valence-electron chi connectivity index (χ4n) is 1.94. The van der Waals surface area contributed by atoms with Crippen molar-refractivity contribution in [2.45, 2.75) is 43.0 Å². The first-order valence-electron chi connectivity index (χ1n) is 8.70. The van der Waals surface area contributed by atoms with Crippen LogP contribution in [0.5, 0.6) is 0 Å². The molecule has 0 aliphatic carbocycles. The third-order valence-corrected chi connectivity index (χ3v) is 3.65. The van der Waals surface area contributed by atoms with Crippen LogP contribution in [0.1, 0.15) is 0 Å². The van der Waals surface area contributed by atoms with Crippen LogP contribution >= 0.6 is 11.6 Å². The Morgan fingerprint density at radius 2 is 1.08 bits per heavy atom. The maximum atomic E-state index is 12.8. The summed E-state index contributed by atoms with van der Waals surface area (Å²) in [5, 5.41) is 2.83. The summed E-state index contributed by atoms with van der Waals surface area (Å²) in [6, 6.07) is 0. The highest BCUT2D eigenvalue weighted by molar-refractivity contribution is 6.29. The van der Waals surface area contributed by atoms with Gasteiger partial charge in [0.15, 0.2) is 18.3 Å². The van der Waals surface area contributed by atoms with Crippen LogP contribution in [-0.4, -0.2) is 92.2 Å². The van der Waals surface area contributed by atoms with E-state index in [0.717, 1.165) is 0 Å². The number of oxime groups is 1. The molecule has 0 aromatic heterocycles. The molecule has 0 fully saturated rings. The molecular weight excluding hydrogens is 602 g/mol. The standard InChI is InChI=1S/C15H10ClF12NO9/c1-34-29-4(2-16)6(37-10(32)14(23,24)25)7(38-11(33)15(26,27)28)5(36-9(31)13(20,21)22)3-35-8(30)12(17,18)19/h5-7H,2-3H2,1H3/b29-4+. The molecule has 220 valence electrons. The monoisotopic (exact) mass is 611 g/mol. The van der Waals surface area contributed by atoms with Crippen molar-refractivity contribution in [1.29, 1.82) is 0 Å². The number of carbonyl (C=O) groups is 4. The maximum Gasteiger partial charge on any atom is 0.490 e. The van der Waals surface area contributed by atoms with Crippen LogP contribution in [0.3, 0.4) is 0 Å². The number of carbonyl (C=O) groups excluding carboxylic acids is 4. The van der Waals surface area contributed by atoms with Crippen molar-refractivity contribution in [3.8, 4) is 0 Å². The first kappa shape index (κ1) is 34.8. The van der Waals surface area contributed by atoms with Gasteiger partial charge in [-0.05, 0) is 0 Å². The first-order chi connectivity index (χ1) is 17.0.